The van der Waals surface area contributed by atoms with Crippen molar-refractivity contribution < 1.29 is 14.3 Å². The normalized spacial score (nSPS) is 10.2. The first kappa shape index (κ1) is 14.9. The van der Waals surface area contributed by atoms with Crippen LogP contribution in [0.4, 0.5) is 0 Å². The highest BCUT2D eigenvalue weighted by Gasteiger charge is 2.13. The van der Waals surface area contributed by atoms with E-state index in [-0.39, 0.29) is 5.91 Å². The minimum atomic E-state index is 0.0126. The van der Waals surface area contributed by atoms with Crippen LogP contribution in [0.2, 0.25) is 0 Å². The van der Waals surface area contributed by atoms with Gasteiger partial charge in [-0.2, -0.15) is 0 Å². The lowest BCUT2D eigenvalue weighted by Gasteiger charge is -2.16. The van der Waals surface area contributed by atoms with Gasteiger partial charge < -0.3 is 19.4 Å². The molecular weight excluding hydrogens is 270 g/mol. The van der Waals surface area contributed by atoms with Crippen LogP contribution in [-0.2, 0) is 17.8 Å². The number of methoxy groups -OCH3 is 2. The molecule has 21 heavy (non-hydrogen) atoms. The summed E-state index contributed by atoms with van der Waals surface area (Å²) >= 11 is 0. The van der Waals surface area contributed by atoms with Crippen molar-refractivity contribution in [2.75, 3.05) is 21.3 Å². The van der Waals surface area contributed by atoms with Gasteiger partial charge in [0.2, 0.25) is 5.91 Å². The number of carbonyl (C=O) groups excluding carboxylic acids is 1. The fourth-order valence-electron chi connectivity index (χ4n) is 2.00. The van der Waals surface area contributed by atoms with Crippen molar-refractivity contribution in [2.24, 2.45) is 0 Å². The quantitative estimate of drug-likeness (QED) is 0.877. The van der Waals surface area contributed by atoms with Crippen molar-refractivity contribution in [1.29, 1.82) is 0 Å². The maximum atomic E-state index is 12.2. The molecule has 0 unspecified atom stereocenters. The SMILES string of the molecule is COc1ccc(CC(=O)N(C)Cc2ncc[nH]2)cc1OC. The molecule has 0 fully saturated rings. The van der Waals surface area contributed by atoms with Crippen molar-refractivity contribution in [3.8, 4) is 11.5 Å². The molecule has 1 amide bonds. The topological polar surface area (TPSA) is 67.5 Å². The Bertz CT molecular complexity index is 596. The van der Waals surface area contributed by atoms with Crippen LogP contribution >= 0.6 is 0 Å². The van der Waals surface area contributed by atoms with Crippen LogP contribution in [0.25, 0.3) is 0 Å². The van der Waals surface area contributed by atoms with E-state index in [0.717, 1.165) is 11.4 Å². The Labute approximate surface area is 123 Å². The van der Waals surface area contributed by atoms with E-state index in [1.165, 1.54) is 0 Å². The summed E-state index contributed by atoms with van der Waals surface area (Å²) in [5.41, 5.74) is 0.879. The van der Waals surface area contributed by atoms with E-state index >= 15 is 0 Å². The third-order valence-electron chi connectivity index (χ3n) is 3.17. The van der Waals surface area contributed by atoms with Gasteiger partial charge in [-0.05, 0) is 17.7 Å². The van der Waals surface area contributed by atoms with Gasteiger partial charge in [-0.25, -0.2) is 4.98 Å². The first-order chi connectivity index (χ1) is 10.1. The third-order valence-corrected chi connectivity index (χ3v) is 3.17. The van der Waals surface area contributed by atoms with Crippen molar-refractivity contribution in [2.45, 2.75) is 13.0 Å². The van der Waals surface area contributed by atoms with Gasteiger partial charge in [-0.1, -0.05) is 6.07 Å². The second kappa shape index (κ2) is 6.78. The van der Waals surface area contributed by atoms with Crippen LogP contribution in [0.15, 0.2) is 30.6 Å². The summed E-state index contributed by atoms with van der Waals surface area (Å²) in [5.74, 6) is 2.05. The lowest BCUT2D eigenvalue weighted by Crippen LogP contribution is -2.28. The highest BCUT2D eigenvalue weighted by atomic mass is 16.5. The number of aromatic amines is 1. The molecule has 0 aliphatic heterocycles. The molecule has 2 rings (SSSR count). The molecule has 1 N–H and O–H groups in total. The van der Waals surface area contributed by atoms with Gasteiger partial charge in [-0.15, -0.1) is 0 Å². The fraction of sp³-hybridized carbons (Fsp3) is 0.333. The Morgan fingerprint density at radius 2 is 2.05 bits per heavy atom. The second-order valence-corrected chi connectivity index (χ2v) is 4.65. The number of imidazole rings is 1. The summed E-state index contributed by atoms with van der Waals surface area (Å²) in [4.78, 5) is 20.9. The number of carbonyl (C=O) groups is 1. The first-order valence-corrected chi connectivity index (χ1v) is 6.57. The van der Waals surface area contributed by atoms with E-state index in [2.05, 4.69) is 9.97 Å². The standard InChI is InChI=1S/C15H19N3O3/c1-18(10-14-16-6-7-17-14)15(19)9-11-4-5-12(20-2)13(8-11)21-3/h4-8H,9-10H2,1-3H3,(H,16,17). The number of H-pyrrole nitrogens is 1. The zero-order chi connectivity index (χ0) is 15.2. The van der Waals surface area contributed by atoms with Crippen molar-refractivity contribution >= 4 is 5.91 Å². The summed E-state index contributed by atoms with van der Waals surface area (Å²) < 4.78 is 10.4. The van der Waals surface area contributed by atoms with Crippen LogP contribution in [0.5, 0.6) is 11.5 Å². The second-order valence-electron chi connectivity index (χ2n) is 4.65. The smallest absolute Gasteiger partial charge is 0.227 e. The Morgan fingerprint density at radius 3 is 2.67 bits per heavy atom. The molecule has 0 saturated carbocycles. The van der Waals surface area contributed by atoms with Crippen LogP contribution in [0, 0.1) is 0 Å². The van der Waals surface area contributed by atoms with Gasteiger partial charge in [0.15, 0.2) is 11.5 Å². The van der Waals surface area contributed by atoms with Crippen LogP contribution in [-0.4, -0.2) is 42.0 Å². The zero-order valence-electron chi connectivity index (χ0n) is 12.4. The van der Waals surface area contributed by atoms with E-state index in [9.17, 15) is 4.79 Å². The number of nitrogens with zero attached hydrogens (tertiary/aromatic N) is 2. The minimum absolute atomic E-state index is 0.0126. The van der Waals surface area contributed by atoms with E-state index in [4.69, 9.17) is 9.47 Å². The van der Waals surface area contributed by atoms with Gasteiger partial charge in [0.05, 0.1) is 27.2 Å². The molecule has 0 atom stereocenters. The van der Waals surface area contributed by atoms with Gasteiger partial charge in [0.25, 0.3) is 0 Å². The minimum Gasteiger partial charge on any atom is -0.493 e. The fourth-order valence-corrected chi connectivity index (χ4v) is 2.00. The van der Waals surface area contributed by atoms with Gasteiger partial charge >= 0.3 is 0 Å². The highest BCUT2D eigenvalue weighted by molar-refractivity contribution is 5.78. The Morgan fingerprint density at radius 1 is 1.29 bits per heavy atom. The summed E-state index contributed by atoms with van der Waals surface area (Å²) in [5, 5.41) is 0. The molecule has 1 aromatic carbocycles. The number of aromatic nitrogens is 2. The maximum absolute atomic E-state index is 12.2. The third kappa shape index (κ3) is 3.75. The van der Waals surface area contributed by atoms with Gasteiger partial charge in [0.1, 0.15) is 5.82 Å². The van der Waals surface area contributed by atoms with Crippen molar-refractivity contribution in [3.05, 3.63) is 42.0 Å². The molecule has 0 aliphatic carbocycles. The Kier molecular flexibility index (Phi) is 4.81. The monoisotopic (exact) mass is 289 g/mol. The summed E-state index contributed by atoms with van der Waals surface area (Å²) in [7, 11) is 4.91. The summed E-state index contributed by atoms with van der Waals surface area (Å²) in [6.45, 7) is 0.457. The zero-order valence-corrected chi connectivity index (χ0v) is 12.4. The highest BCUT2D eigenvalue weighted by Crippen LogP contribution is 2.27. The van der Waals surface area contributed by atoms with E-state index in [0.29, 0.717) is 24.5 Å². The number of likely N-dealkylation sites (N-methyl/N-ethyl adjacent to an activating group) is 1. The Balaban J connectivity index is 2.01. The molecule has 0 bridgehead atoms. The molecule has 2 aromatic rings. The molecular formula is C15H19N3O3. The largest absolute Gasteiger partial charge is 0.493 e. The number of hydrogen-bond acceptors (Lipinski definition) is 4. The number of ether oxygens (including phenoxy) is 2. The first-order valence-electron chi connectivity index (χ1n) is 6.57. The van der Waals surface area contributed by atoms with Crippen LogP contribution < -0.4 is 9.47 Å². The molecule has 1 aromatic heterocycles. The Hall–Kier alpha value is -2.50. The number of rotatable bonds is 6. The molecule has 1 heterocycles. The lowest BCUT2D eigenvalue weighted by atomic mass is 10.1. The van der Waals surface area contributed by atoms with Crippen molar-refractivity contribution in [3.63, 3.8) is 0 Å². The molecule has 112 valence electrons. The predicted octanol–water partition coefficient (Wildman–Crippen LogP) is 1.63. The van der Waals surface area contributed by atoms with E-state index < -0.39 is 0 Å². The number of nitrogens with one attached hydrogen (secondary N) is 1. The lowest BCUT2D eigenvalue weighted by molar-refractivity contribution is -0.129. The van der Waals surface area contributed by atoms with Gasteiger partial charge in [-0.3, -0.25) is 4.79 Å². The number of hydrogen-bond donors (Lipinski definition) is 1. The number of benzene rings is 1. The van der Waals surface area contributed by atoms with E-state index in [1.807, 2.05) is 12.1 Å². The van der Waals surface area contributed by atoms with Crippen LogP contribution in [0.3, 0.4) is 0 Å². The van der Waals surface area contributed by atoms with Crippen LogP contribution in [0.1, 0.15) is 11.4 Å². The maximum Gasteiger partial charge on any atom is 0.227 e. The van der Waals surface area contributed by atoms with E-state index in [1.54, 1.807) is 44.6 Å². The molecule has 0 spiro atoms. The van der Waals surface area contributed by atoms with Gasteiger partial charge in [0, 0.05) is 19.4 Å². The average molecular weight is 289 g/mol. The molecule has 6 nitrogen and oxygen atoms in total. The summed E-state index contributed by atoms with van der Waals surface area (Å²) in [6.07, 6.45) is 3.71. The van der Waals surface area contributed by atoms with Crippen molar-refractivity contribution in [1.82, 2.24) is 14.9 Å². The number of amides is 1. The molecule has 6 heteroatoms. The molecule has 0 aliphatic rings. The average Bonchev–Trinajstić information content (AvgIpc) is 2.99. The predicted molar refractivity (Wildman–Crippen MR) is 78.3 cm³/mol. The molecule has 0 radical (unpaired) electrons. The molecule has 0 saturated heterocycles. The summed E-state index contributed by atoms with van der Waals surface area (Å²) in [6, 6.07) is 5.48.